The molecule has 10 heavy (non-hydrogen) atoms. The van der Waals surface area contributed by atoms with Gasteiger partial charge in [-0.05, 0) is 31.1 Å². The normalized spacial score (nSPS) is 34.1. The predicted octanol–water partition coefficient (Wildman–Crippen LogP) is 2.58. The second kappa shape index (κ2) is 3.05. The lowest BCUT2D eigenvalue weighted by atomic mass is 9.69. The van der Waals surface area contributed by atoms with E-state index >= 15 is 0 Å². The van der Waals surface area contributed by atoms with Gasteiger partial charge in [0.2, 0.25) is 0 Å². The van der Waals surface area contributed by atoms with Crippen LogP contribution in [0, 0.1) is 29.1 Å². The van der Waals surface area contributed by atoms with Crippen LogP contribution < -0.4 is 0 Å². The summed E-state index contributed by atoms with van der Waals surface area (Å²) in [4.78, 5) is 0. The summed E-state index contributed by atoms with van der Waals surface area (Å²) in [5.41, 5.74) is 0. The molecule has 1 fully saturated rings. The Balaban J connectivity index is 2.30. The quantitative estimate of drug-likeness (QED) is 0.574. The van der Waals surface area contributed by atoms with Crippen LogP contribution in [-0.4, -0.2) is 0 Å². The molecule has 0 N–H and O–H groups in total. The van der Waals surface area contributed by atoms with Crippen molar-refractivity contribution in [3.05, 3.63) is 0 Å². The first-order valence-corrected chi connectivity index (χ1v) is 4.17. The number of nitriles is 1. The van der Waals surface area contributed by atoms with Crippen molar-refractivity contribution in [3.8, 4) is 6.07 Å². The summed E-state index contributed by atoms with van der Waals surface area (Å²) >= 11 is 0. The highest BCUT2D eigenvalue weighted by atomic mass is 14.4. The van der Waals surface area contributed by atoms with E-state index < -0.39 is 0 Å². The van der Waals surface area contributed by atoms with Crippen molar-refractivity contribution in [2.45, 2.75) is 33.1 Å². The van der Waals surface area contributed by atoms with Crippen molar-refractivity contribution >= 4 is 0 Å². The minimum atomic E-state index is 0.344. The van der Waals surface area contributed by atoms with E-state index in [0.717, 1.165) is 18.3 Å². The first-order valence-electron chi connectivity index (χ1n) is 4.17. The Bertz CT molecular complexity index is 139. The summed E-state index contributed by atoms with van der Waals surface area (Å²) in [6, 6.07) is 2.37. The van der Waals surface area contributed by atoms with Crippen LogP contribution in [0.3, 0.4) is 0 Å². The van der Waals surface area contributed by atoms with E-state index in [0.29, 0.717) is 5.92 Å². The van der Waals surface area contributed by atoms with Gasteiger partial charge in [-0.15, -0.1) is 0 Å². The second-order valence-electron chi connectivity index (χ2n) is 3.48. The number of nitrogens with zero attached hydrogens (tertiary/aromatic N) is 1. The molecule has 1 rings (SSSR count). The summed E-state index contributed by atoms with van der Waals surface area (Å²) in [6.07, 6.45) is 3.60. The molecule has 0 aromatic heterocycles. The largest absolute Gasteiger partial charge is 0.198 e. The van der Waals surface area contributed by atoms with Crippen molar-refractivity contribution in [1.29, 1.82) is 5.26 Å². The van der Waals surface area contributed by atoms with E-state index in [1.54, 1.807) is 0 Å². The monoisotopic (exact) mass is 137 g/mol. The van der Waals surface area contributed by atoms with Crippen LogP contribution >= 0.6 is 0 Å². The van der Waals surface area contributed by atoms with Crippen LogP contribution in [0.2, 0.25) is 0 Å². The average Bonchev–Trinajstić information content (AvgIpc) is 1.87. The maximum Gasteiger partial charge on any atom is 0.0658 e. The van der Waals surface area contributed by atoms with Crippen LogP contribution in [-0.2, 0) is 0 Å². The van der Waals surface area contributed by atoms with Gasteiger partial charge in [-0.2, -0.15) is 5.26 Å². The minimum absolute atomic E-state index is 0.344. The fourth-order valence-electron chi connectivity index (χ4n) is 1.82. The molecule has 1 saturated carbocycles. The highest BCUT2D eigenvalue weighted by molar-refractivity contribution is 4.92. The zero-order valence-corrected chi connectivity index (χ0v) is 6.80. The Morgan fingerprint density at radius 2 is 2.20 bits per heavy atom. The lowest BCUT2D eigenvalue weighted by Crippen LogP contribution is -2.27. The van der Waals surface area contributed by atoms with Crippen LogP contribution in [0.5, 0.6) is 0 Å². The highest BCUT2D eigenvalue weighted by Crippen LogP contribution is 2.39. The van der Waals surface area contributed by atoms with Gasteiger partial charge >= 0.3 is 0 Å². The maximum atomic E-state index is 8.70. The molecule has 56 valence electrons. The molecule has 1 atom stereocenters. The first-order chi connectivity index (χ1) is 4.77. The molecule has 0 radical (unpaired) electrons. The van der Waals surface area contributed by atoms with E-state index in [2.05, 4.69) is 19.9 Å². The zero-order chi connectivity index (χ0) is 7.56. The Labute approximate surface area is 63.0 Å². The van der Waals surface area contributed by atoms with Crippen LogP contribution in [0.15, 0.2) is 0 Å². The van der Waals surface area contributed by atoms with E-state index in [1.807, 2.05) is 0 Å². The number of hydrogen-bond donors (Lipinski definition) is 0. The zero-order valence-electron chi connectivity index (χ0n) is 6.80. The molecule has 1 unspecified atom stereocenters. The van der Waals surface area contributed by atoms with Crippen LogP contribution in [0.25, 0.3) is 0 Å². The van der Waals surface area contributed by atoms with Gasteiger partial charge in [-0.1, -0.05) is 13.8 Å². The lowest BCUT2D eigenvalue weighted by molar-refractivity contribution is 0.162. The first kappa shape index (κ1) is 7.60. The van der Waals surface area contributed by atoms with Gasteiger partial charge < -0.3 is 0 Å². The summed E-state index contributed by atoms with van der Waals surface area (Å²) < 4.78 is 0. The van der Waals surface area contributed by atoms with Crippen molar-refractivity contribution in [2.24, 2.45) is 17.8 Å². The van der Waals surface area contributed by atoms with Gasteiger partial charge in [0.25, 0.3) is 0 Å². The van der Waals surface area contributed by atoms with Crippen LogP contribution in [0.1, 0.15) is 33.1 Å². The molecule has 1 aliphatic rings. The fourth-order valence-corrected chi connectivity index (χ4v) is 1.82. The number of hydrogen-bond acceptors (Lipinski definition) is 1. The topological polar surface area (TPSA) is 23.8 Å². The molecule has 0 aliphatic heterocycles. The number of rotatable bonds is 2. The Morgan fingerprint density at radius 1 is 1.60 bits per heavy atom. The third kappa shape index (κ3) is 1.31. The SMILES string of the molecule is CCC(C#N)C1CC(C)C1. The molecule has 0 amide bonds. The molecule has 0 heterocycles. The molecule has 0 spiro atoms. The molecule has 1 nitrogen and oxygen atoms in total. The van der Waals surface area contributed by atoms with Gasteiger partial charge in [0.15, 0.2) is 0 Å². The third-order valence-corrected chi connectivity index (χ3v) is 2.58. The standard InChI is InChI=1S/C9H15N/c1-3-8(6-10)9-4-7(2)5-9/h7-9H,3-5H2,1-2H3. The third-order valence-electron chi connectivity index (χ3n) is 2.58. The van der Waals surface area contributed by atoms with Crippen molar-refractivity contribution in [2.75, 3.05) is 0 Å². The molecule has 0 bridgehead atoms. The van der Waals surface area contributed by atoms with E-state index in [-0.39, 0.29) is 0 Å². The Kier molecular flexibility index (Phi) is 2.32. The maximum absolute atomic E-state index is 8.70. The summed E-state index contributed by atoms with van der Waals surface area (Å²) in [7, 11) is 0. The molecule has 1 aliphatic carbocycles. The van der Waals surface area contributed by atoms with E-state index in [9.17, 15) is 0 Å². The van der Waals surface area contributed by atoms with Gasteiger partial charge in [-0.3, -0.25) is 0 Å². The molecular formula is C9H15N. The average molecular weight is 137 g/mol. The van der Waals surface area contributed by atoms with Crippen LogP contribution in [0.4, 0.5) is 0 Å². The predicted molar refractivity (Wildman–Crippen MR) is 41.3 cm³/mol. The van der Waals surface area contributed by atoms with Gasteiger partial charge in [0, 0.05) is 5.92 Å². The van der Waals surface area contributed by atoms with E-state index in [4.69, 9.17) is 5.26 Å². The summed E-state index contributed by atoms with van der Waals surface area (Å²) in [5.74, 6) is 1.95. The summed E-state index contributed by atoms with van der Waals surface area (Å²) in [5, 5.41) is 8.70. The van der Waals surface area contributed by atoms with Gasteiger partial charge in [0.1, 0.15) is 0 Å². The minimum Gasteiger partial charge on any atom is -0.198 e. The van der Waals surface area contributed by atoms with Gasteiger partial charge in [0.05, 0.1) is 6.07 Å². The molecule has 0 saturated heterocycles. The van der Waals surface area contributed by atoms with Crippen molar-refractivity contribution in [3.63, 3.8) is 0 Å². The molecule has 0 aromatic rings. The summed E-state index contributed by atoms with van der Waals surface area (Å²) in [6.45, 7) is 4.37. The Hall–Kier alpha value is -0.510. The van der Waals surface area contributed by atoms with E-state index in [1.165, 1.54) is 12.8 Å². The second-order valence-corrected chi connectivity index (χ2v) is 3.48. The highest BCUT2D eigenvalue weighted by Gasteiger charge is 2.31. The Morgan fingerprint density at radius 3 is 2.50 bits per heavy atom. The smallest absolute Gasteiger partial charge is 0.0658 e. The van der Waals surface area contributed by atoms with Crippen molar-refractivity contribution in [1.82, 2.24) is 0 Å². The lowest BCUT2D eigenvalue weighted by Gasteiger charge is -2.35. The van der Waals surface area contributed by atoms with Crippen molar-refractivity contribution < 1.29 is 0 Å². The van der Waals surface area contributed by atoms with Gasteiger partial charge in [-0.25, -0.2) is 0 Å². The molecule has 1 heteroatoms. The molecule has 0 aromatic carbocycles. The fraction of sp³-hybridized carbons (Fsp3) is 0.889. The molecular weight excluding hydrogens is 122 g/mol.